The lowest BCUT2D eigenvalue weighted by Crippen LogP contribution is -2.24. The molecule has 3 aromatic carbocycles. The van der Waals surface area contributed by atoms with Crippen molar-refractivity contribution in [3.05, 3.63) is 83.7 Å². The number of fused-ring (bicyclic) bond motifs is 1. The monoisotopic (exact) mass is 523 g/mol. The summed E-state index contributed by atoms with van der Waals surface area (Å²) in [7, 11) is 0. The van der Waals surface area contributed by atoms with Crippen LogP contribution in [-0.2, 0) is 17.8 Å². The van der Waals surface area contributed by atoms with E-state index in [9.17, 15) is 14.7 Å². The maximum absolute atomic E-state index is 12.7. The SMILES string of the molecule is CCCCc1nc2ccc(NCC(=O)C3CCCCC3)cc2n1Cc1ccc(-c2ccccc2C(=O)O)cc1. The number of benzene rings is 3. The van der Waals surface area contributed by atoms with E-state index in [1.807, 2.05) is 36.4 Å². The Kier molecular flexibility index (Phi) is 8.40. The number of carbonyl (C=O) groups is 2. The van der Waals surface area contributed by atoms with Crippen molar-refractivity contribution < 1.29 is 14.7 Å². The second-order valence-corrected chi connectivity index (χ2v) is 10.6. The van der Waals surface area contributed by atoms with Crippen LogP contribution < -0.4 is 5.32 Å². The minimum absolute atomic E-state index is 0.201. The minimum atomic E-state index is -0.926. The summed E-state index contributed by atoms with van der Waals surface area (Å²) in [4.78, 5) is 29.4. The third kappa shape index (κ3) is 6.22. The topological polar surface area (TPSA) is 84.2 Å². The van der Waals surface area contributed by atoms with Crippen LogP contribution in [0.15, 0.2) is 66.7 Å². The highest BCUT2D eigenvalue weighted by molar-refractivity contribution is 5.96. The van der Waals surface area contributed by atoms with Gasteiger partial charge in [-0.15, -0.1) is 0 Å². The fourth-order valence-corrected chi connectivity index (χ4v) is 5.64. The molecule has 1 aliphatic carbocycles. The third-order valence-electron chi connectivity index (χ3n) is 7.87. The van der Waals surface area contributed by atoms with Crippen molar-refractivity contribution in [2.24, 2.45) is 5.92 Å². The highest BCUT2D eigenvalue weighted by Crippen LogP contribution is 2.28. The van der Waals surface area contributed by atoms with Crippen molar-refractivity contribution in [2.75, 3.05) is 11.9 Å². The van der Waals surface area contributed by atoms with Crippen molar-refractivity contribution in [2.45, 2.75) is 64.8 Å². The van der Waals surface area contributed by atoms with E-state index in [1.54, 1.807) is 12.1 Å². The molecule has 0 saturated heterocycles. The van der Waals surface area contributed by atoms with Gasteiger partial charge in [0.05, 0.1) is 23.1 Å². The Bertz CT molecular complexity index is 1450. The second kappa shape index (κ2) is 12.3. The molecule has 6 heteroatoms. The smallest absolute Gasteiger partial charge is 0.336 e. The number of ketones is 1. The molecule has 4 aromatic rings. The largest absolute Gasteiger partial charge is 0.478 e. The van der Waals surface area contributed by atoms with Crippen LogP contribution in [0.4, 0.5) is 5.69 Å². The van der Waals surface area contributed by atoms with E-state index in [2.05, 4.69) is 35.0 Å². The van der Waals surface area contributed by atoms with Crippen molar-refractivity contribution in [1.29, 1.82) is 0 Å². The number of rotatable bonds is 11. The molecule has 0 atom stereocenters. The number of aromatic nitrogens is 2. The zero-order valence-corrected chi connectivity index (χ0v) is 22.7. The molecular formula is C33H37N3O3. The summed E-state index contributed by atoms with van der Waals surface area (Å²) in [6.45, 7) is 3.22. The quantitative estimate of drug-likeness (QED) is 0.215. The molecule has 0 bridgehead atoms. The fourth-order valence-electron chi connectivity index (χ4n) is 5.64. The predicted octanol–water partition coefficient (Wildman–Crippen LogP) is 7.35. The maximum Gasteiger partial charge on any atom is 0.336 e. The van der Waals surface area contributed by atoms with Crippen LogP contribution in [0.2, 0.25) is 0 Å². The van der Waals surface area contributed by atoms with Crippen LogP contribution in [0.5, 0.6) is 0 Å². The van der Waals surface area contributed by atoms with Crippen molar-refractivity contribution in [3.8, 4) is 11.1 Å². The molecule has 39 heavy (non-hydrogen) atoms. The third-order valence-corrected chi connectivity index (χ3v) is 7.87. The number of anilines is 1. The van der Waals surface area contributed by atoms with Gasteiger partial charge in [-0.2, -0.15) is 0 Å². The Balaban J connectivity index is 1.38. The van der Waals surface area contributed by atoms with E-state index in [0.717, 1.165) is 78.6 Å². The second-order valence-electron chi connectivity index (χ2n) is 10.6. The number of carboxylic acids is 1. The van der Waals surface area contributed by atoms with Crippen LogP contribution in [0, 0.1) is 5.92 Å². The summed E-state index contributed by atoms with van der Waals surface area (Å²) in [5, 5.41) is 13.0. The molecule has 6 nitrogen and oxygen atoms in total. The van der Waals surface area contributed by atoms with Crippen molar-refractivity contribution in [1.82, 2.24) is 9.55 Å². The Morgan fingerprint density at radius 2 is 1.77 bits per heavy atom. The molecule has 1 aromatic heterocycles. The molecule has 2 N–H and O–H groups in total. The number of aryl methyl sites for hydroxylation is 1. The molecule has 5 rings (SSSR count). The van der Waals surface area contributed by atoms with E-state index in [-0.39, 0.29) is 5.92 Å². The number of imidazole rings is 1. The van der Waals surface area contributed by atoms with Gasteiger partial charge in [-0.05, 0) is 60.2 Å². The van der Waals surface area contributed by atoms with Gasteiger partial charge < -0.3 is 15.0 Å². The maximum atomic E-state index is 12.7. The number of hydrogen-bond donors (Lipinski definition) is 2. The molecule has 1 fully saturated rings. The van der Waals surface area contributed by atoms with E-state index in [4.69, 9.17) is 4.98 Å². The highest BCUT2D eigenvalue weighted by Gasteiger charge is 2.21. The van der Waals surface area contributed by atoms with Gasteiger partial charge in [0.15, 0.2) is 5.78 Å². The van der Waals surface area contributed by atoms with Crippen molar-refractivity contribution >= 4 is 28.5 Å². The number of Topliss-reactive ketones (excluding diaryl/α,β-unsaturated/α-hetero) is 1. The number of nitrogens with one attached hydrogen (secondary N) is 1. The summed E-state index contributed by atoms with van der Waals surface area (Å²) in [5.74, 6) is 0.649. The average Bonchev–Trinajstić information content (AvgIpc) is 3.31. The van der Waals surface area contributed by atoms with Crippen LogP contribution in [0.1, 0.15) is 73.6 Å². The first-order valence-corrected chi connectivity index (χ1v) is 14.2. The summed E-state index contributed by atoms with van der Waals surface area (Å²) in [6.07, 6.45) is 8.67. The zero-order valence-electron chi connectivity index (χ0n) is 22.7. The van der Waals surface area contributed by atoms with Crippen LogP contribution in [-0.4, -0.2) is 33.0 Å². The van der Waals surface area contributed by atoms with Gasteiger partial charge in [-0.25, -0.2) is 9.78 Å². The first-order valence-electron chi connectivity index (χ1n) is 14.2. The number of unbranched alkanes of at least 4 members (excludes halogenated alkanes) is 1. The van der Waals surface area contributed by atoms with E-state index < -0.39 is 5.97 Å². The molecule has 0 amide bonds. The van der Waals surface area contributed by atoms with Crippen LogP contribution in [0.3, 0.4) is 0 Å². The number of carbonyl (C=O) groups excluding carboxylic acids is 1. The van der Waals surface area contributed by atoms with E-state index >= 15 is 0 Å². The molecule has 0 radical (unpaired) electrons. The molecule has 1 heterocycles. The molecule has 0 spiro atoms. The lowest BCUT2D eigenvalue weighted by molar-refractivity contribution is -0.122. The fraction of sp³-hybridized carbons (Fsp3) is 0.364. The first kappa shape index (κ1) is 26.7. The average molecular weight is 524 g/mol. The van der Waals surface area contributed by atoms with Gasteiger partial charge in [-0.3, -0.25) is 4.79 Å². The number of hydrogen-bond acceptors (Lipinski definition) is 4. The normalized spacial score (nSPS) is 14.0. The Morgan fingerprint density at radius 1 is 1.00 bits per heavy atom. The van der Waals surface area contributed by atoms with Crippen LogP contribution in [0.25, 0.3) is 22.2 Å². The Labute approximate surface area is 230 Å². The van der Waals surface area contributed by atoms with Crippen LogP contribution >= 0.6 is 0 Å². The van der Waals surface area contributed by atoms with Gasteiger partial charge in [0.25, 0.3) is 0 Å². The molecule has 202 valence electrons. The summed E-state index contributed by atoms with van der Waals surface area (Å²) < 4.78 is 2.28. The molecule has 0 unspecified atom stereocenters. The molecule has 1 saturated carbocycles. The Hall–Kier alpha value is -3.93. The number of carboxylic acid groups (broad SMARTS) is 1. The summed E-state index contributed by atoms with van der Waals surface area (Å²) >= 11 is 0. The van der Waals surface area contributed by atoms with E-state index in [0.29, 0.717) is 30.0 Å². The molecule has 0 aliphatic heterocycles. The summed E-state index contributed by atoms with van der Waals surface area (Å²) in [6, 6.07) is 21.4. The lowest BCUT2D eigenvalue weighted by atomic mass is 9.86. The van der Waals surface area contributed by atoms with Crippen molar-refractivity contribution in [3.63, 3.8) is 0 Å². The Morgan fingerprint density at radius 3 is 2.51 bits per heavy atom. The zero-order chi connectivity index (χ0) is 27.2. The van der Waals surface area contributed by atoms with Gasteiger partial charge in [0.2, 0.25) is 0 Å². The predicted molar refractivity (Wildman–Crippen MR) is 156 cm³/mol. The number of aromatic carboxylic acids is 1. The summed E-state index contributed by atoms with van der Waals surface area (Å²) in [5.41, 5.74) is 5.97. The lowest BCUT2D eigenvalue weighted by Gasteiger charge is -2.20. The minimum Gasteiger partial charge on any atom is -0.478 e. The first-order chi connectivity index (χ1) is 19.0. The highest BCUT2D eigenvalue weighted by atomic mass is 16.4. The molecule has 1 aliphatic rings. The standard InChI is InChI=1S/C33H37N3O3/c1-2-3-13-32-35-29-19-18-26(34-21-31(37)25-9-5-4-6-10-25)20-30(29)36(32)22-23-14-16-24(17-15-23)27-11-7-8-12-28(27)33(38)39/h7-8,11-12,14-20,25,34H,2-6,9-10,13,21-22H2,1H3,(H,38,39). The van der Waals surface area contributed by atoms with Gasteiger partial charge in [0.1, 0.15) is 5.82 Å². The van der Waals surface area contributed by atoms with E-state index in [1.165, 1.54) is 6.42 Å². The molecular weight excluding hydrogens is 486 g/mol. The van der Waals surface area contributed by atoms with Gasteiger partial charge in [0, 0.05) is 24.6 Å². The number of nitrogens with zero attached hydrogens (tertiary/aromatic N) is 2. The van der Waals surface area contributed by atoms with Gasteiger partial charge >= 0.3 is 5.97 Å². The van der Waals surface area contributed by atoms with Gasteiger partial charge in [-0.1, -0.05) is 75.1 Å².